The number of carbonyl (C=O) groups excluding carboxylic acids is 1. The lowest BCUT2D eigenvalue weighted by Crippen LogP contribution is -2.29. The molecule has 0 radical (unpaired) electrons. The number of halogens is 2. The third-order valence-corrected chi connectivity index (χ3v) is 5.44. The van der Waals surface area contributed by atoms with Crippen molar-refractivity contribution in [2.45, 2.75) is 19.6 Å². The number of benzene rings is 2. The number of allylic oxidation sites excluding steroid dienone is 1. The molecule has 1 aliphatic heterocycles. The van der Waals surface area contributed by atoms with Gasteiger partial charge in [-0.1, -0.05) is 59.2 Å². The van der Waals surface area contributed by atoms with E-state index in [2.05, 4.69) is 27.4 Å². The number of rotatable bonds is 7. The average molecular weight is 472 g/mol. The molecule has 1 N–H and O–H groups in total. The molecular formula is C22H19Cl2N5O3. The third kappa shape index (κ3) is 4.46. The molecule has 0 aliphatic carbocycles. The summed E-state index contributed by atoms with van der Waals surface area (Å²) in [6.07, 6.45) is 1.51. The number of aromatic nitrogens is 4. The van der Waals surface area contributed by atoms with E-state index in [-0.39, 0.29) is 13.2 Å². The van der Waals surface area contributed by atoms with Gasteiger partial charge in [0.25, 0.3) is 0 Å². The lowest BCUT2D eigenvalue weighted by Gasteiger charge is -2.27. The monoisotopic (exact) mass is 471 g/mol. The first kappa shape index (κ1) is 21.9. The summed E-state index contributed by atoms with van der Waals surface area (Å²) in [5.41, 5.74) is 2.55. The second-order valence-electron chi connectivity index (χ2n) is 7.00. The van der Waals surface area contributed by atoms with E-state index < -0.39 is 12.0 Å². The molecule has 1 unspecified atom stereocenters. The maximum absolute atomic E-state index is 12.8. The van der Waals surface area contributed by atoms with Gasteiger partial charge in [0.1, 0.15) is 25.0 Å². The fourth-order valence-corrected chi connectivity index (χ4v) is 3.83. The van der Waals surface area contributed by atoms with Gasteiger partial charge in [-0.2, -0.15) is 4.68 Å². The van der Waals surface area contributed by atoms with Crippen LogP contribution in [0.4, 0.5) is 5.95 Å². The largest absolute Gasteiger partial charge is 0.489 e. The van der Waals surface area contributed by atoms with Gasteiger partial charge in [0.15, 0.2) is 0 Å². The highest BCUT2D eigenvalue weighted by atomic mass is 35.5. The molecule has 0 amide bonds. The maximum atomic E-state index is 12.8. The van der Waals surface area contributed by atoms with Gasteiger partial charge in [-0.3, -0.25) is 0 Å². The van der Waals surface area contributed by atoms with Gasteiger partial charge in [0, 0.05) is 21.3 Å². The molecule has 32 heavy (non-hydrogen) atoms. The molecule has 0 bridgehead atoms. The van der Waals surface area contributed by atoms with Crippen molar-refractivity contribution in [3.8, 4) is 5.75 Å². The Morgan fingerprint density at radius 1 is 1.28 bits per heavy atom. The van der Waals surface area contributed by atoms with E-state index >= 15 is 0 Å². The Hall–Kier alpha value is -3.36. The Morgan fingerprint density at radius 2 is 2.12 bits per heavy atom. The third-order valence-electron chi connectivity index (χ3n) is 4.85. The number of tetrazole rings is 1. The highest BCUT2D eigenvalue weighted by Gasteiger charge is 2.35. The summed E-state index contributed by atoms with van der Waals surface area (Å²) in [4.78, 5) is 12.8. The van der Waals surface area contributed by atoms with E-state index in [0.29, 0.717) is 33.0 Å². The van der Waals surface area contributed by atoms with Gasteiger partial charge in [0.2, 0.25) is 5.95 Å². The molecule has 1 aliphatic rings. The minimum absolute atomic E-state index is 0.0931. The molecule has 3 aromatic rings. The summed E-state index contributed by atoms with van der Waals surface area (Å²) < 4.78 is 12.8. The zero-order valence-electron chi connectivity index (χ0n) is 17.1. The van der Waals surface area contributed by atoms with Crippen molar-refractivity contribution in [2.75, 3.05) is 11.9 Å². The molecule has 1 aromatic heterocycles. The van der Waals surface area contributed by atoms with Crippen molar-refractivity contribution < 1.29 is 14.3 Å². The Morgan fingerprint density at radius 3 is 2.91 bits per heavy atom. The summed E-state index contributed by atoms with van der Waals surface area (Å²) in [6.45, 7) is 5.71. The number of fused-ring (bicyclic) bond motifs is 1. The molecule has 0 saturated carbocycles. The first-order valence-corrected chi connectivity index (χ1v) is 10.4. The first-order valence-electron chi connectivity index (χ1n) is 9.68. The number of hydrogen-bond acceptors (Lipinski definition) is 7. The summed E-state index contributed by atoms with van der Waals surface area (Å²) in [6, 6.07) is 12.0. The van der Waals surface area contributed by atoms with Gasteiger partial charge in [-0.25, -0.2) is 4.79 Å². The highest BCUT2D eigenvalue weighted by molar-refractivity contribution is 6.35. The predicted molar refractivity (Wildman–Crippen MR) is 121 cm³/mol. The maximum Gasteiger partial charge on any atom is 0.338 e. The van der Waals surface area contributed by atoms with Crippen LogP contribution < -0.4 is 10.1 Å². The fraction of sp³-hybridized carbons (Fsp3) is 0.182. The average Bonchev–Trinajstić information content (AvgIpc) is 3.24. The number of nitrogens with one attached hydrogen (secondary N) is 1. The van der Waals surface area contributed by atoms with Gasteiger partial charge in [0.05, 0.1) is 5.57 Å². The lowest BCUT2D eigenvalue weighted by molar-refractivity contribution is -0.138. The van der Waals surface area contributed by atoms with Crippen LogP contribution in [-0.4, -0.2) is 32.8 Å². The van der Waals surface area contributed by atoms with Gasteiger partial charge < -0.3 is 14.8 Å². The Labute approximate surface area is 194 Å². The Balaban J connectivity index is 1.65. The van der Waals surface area contributed by atoms with E-state index in [1.807, 2.05) is 30.3 Å². The molecule has 1 atom stereocenters. The van der Waals surface area contributed by atoms with Crippen molar-refractivity contribution in [2.24, 2.45) is 0 Å². The molecule has 8 nitrogen and oxygen atoms in total. The van der Waals surface area contributed by atoms with E-state index in [0.717, 1.165) is 11.1 Å². The minimum atomic E-state index is -0.596. The zero-order valence-corrected chi connectivity index (χ0v) is 18.6. The van der Waals surface area contributed by atoms with Crippen LogP contribution in [0.2, 0.25) is 10.0 Å². The molecule has 0 spiro atoms. The van der Waals surface area contributed by atoms with E-state index in [4.69, 9.17) is 32.7 Å². The van der Waals surface area contributed by atoms with Crippen LogP contribution in [0.1, 0.15) is 24.1 Å². The van der Waals surface area contributed by atoms with Crippen LogP contribution >= 0.6 is 23.2 Å². The van der Waals surface area contributed by atoms with Crippen LogP contribution in [0.25, 0.3) is 0 Å². The molecule has 0 fully saturated rings. The van der Waals surface area contributed by atoms with E-state index in [9.17, 15) is 4.79 Å². The topological polar surface area (TPSA) is 91.2 Å². The van der Waals surface area contributed by atoms with Crippen LogP contribution in [0, 0.1) is 0 Å². The van der Waals surface area contributed by atoms with Gasteiger partial charge >= 0.3 is 5.97 Å². The lowest BCUT2D eigenvalue weighted by atomic mass is 9.95. The van der Waals surface area contributed by atoms with Crippen LogP contribution in [0.5, 0.6) is 5.75 Å². The highest BCUT2D eigenvalue weighted by Crippen LogP contribution is 2.36. The minimum Gasteiger partial charge on any atom is -0.489 e. The van der Waals surface area contributed by atoms with E-state index in [1.54, 1.807) is 19.1 Å². The number of esters is 1. The molecule has 10 heteroatoms. The standard InChI is InChI=1S/C22H19Cl2N5O3/c1-3-9-31-21(30)19-13(2)25-22-26-27-28-29(22)20(19)14-5-4-6-17(10-14)32-12-15-7-8-16(23)11-18(15)24/h3-8,10-11,20H,1,9,12H2,2H3,(H,25,26,28). The van der Waals surface area contributed by atoms with Crippen LogP contribution in [-0.2, 0) is 16.1 Å². The van der Waals surface area contributed by atoms with Crippen molar-refractivity contribution in [3.63, 3.8) is 0 Å². The smallest absolute Gasteiger partial charge is 0.338 e. The van der Waals surface area contributed by atoms with Gasteiger partial charge in [-0.05, 0) is 47.2 Å². The van der Waals surface area contributed by atoms with Crippen molar-refractivity contribution >= 4 is 35.1 Å². The van der Waals surface area contributed by atoms with Crippen molar-refractivity contribution in [3.05, 3.63) is 87.6 Å². The first-order chi connectivity index (χ1) is 15.5. The molecule has 0 saturated heterocycles. The molecule has 164 valence electrons. The number of carbonyl (C=O) groups is 1. The summed E-state index contributed by atoms with van der Waals surface area (Å²) in [7, 11) is 0. The number of hydrogen-bond donors (Lipinski definition) is 1. The van der Waals surface area contributed by atoms with Crippen LogP contribution in [0.3, 0.4) is 0 Å². The number of nitrogens with zero attached hydrogens (tertiary/aromatic N) is 4. The van der Waals surface area contributed by atoms with Crippen molar-refractivity contribution in [1.29, 1.82) is 0 Å². The quantitative estimate of drug-likeness (QED) is 0.398. The predicted octanol–water partition coefficient (Wildman–Crippen LogP) is 4.58. The van der Waals surface area contributed by atoms with Gasteiger partial charge in [-0.15, -0.1) is 0 Å². The normalized spacial score (nSPS) is 15.0. The fourth-order valence-electron chi connectivity index (χ4n) is 3.37. The van der Waals surface area contributed by atoms with E-state index in [1.165, 1.54) is 10.8 Å². The molecule has 2 aromatic carbocycles. The van der Waals surface area contributed by atoms with Crippen LogP contribution in [0.15, 0.2) is 66.4 Å². The zero-order chi connectivity index (χ0) is 22.7. The second-order valence-corrected chi connectivity index (χ2v) is 7.84. The molecule has 4 rings (SSSR count). The SMILES string of the molecule is C=CCOC(=O)C1=C(C)Nc2nnnn2C1c1cccc(OCc2ccc(Cl)cc2Cl)c1. The summed E-state index contributed by atoms with van der Waals surface area (Å²) in [5, 5.41) is 15.9. The molecule has 2 heterocycles. The number of ether oxygens (including phenoxy) is 2. The summed E-state index contributed by atoms with van der Waals surface area (Å²) >= 11 is 12.2. The summed E-state index contributed by atoms with van der Waals surface area (Å²) in [5.74, 6) is 0.533. The Bertz CT molecular complexity index is 1210. The van der Waals surface area contributed by atoms with Crippen molar-refractivity contribution in [1.82, 2.24) is 20.2 Å². The number of anilines is 1. The second kappa shape index (κ2) is 9.42. The molecular weight excluding hydrogens is 453 g/mol. The Kier molecular flexibility index (Phi) is 6.43.